The highest BCUT2D eigenvalue weighted by Crippen LogP contribution is 2.41. The Kier molecular flexibility index (Phi) is 5.83. The number of rotatable bonds is 7. The molecule has 2 aromatic carbocycles. The number of anilines is 1. The molecule has 0 saturated carbocycles. The molecule has 2 aromatic rings. The van der Waals surface area contributed by atoms with Gasteiger partial charge in [-0.15, -0.1) is 0 Å². The first-order valence-corrected chi connectivity index (χ1v) is 9.51. The highest BCUT2D eigenvalue weighted by molar-refractivity contribution is 6.16. The number of ketones is 1. The fourth-order valence-corrected chi connectivity index (χ4v) is 3.46. The van der Waals surface area contributed by atoms with Crippen LogP contribution in [-0.4, -0.2) is 23.4 Å². The van der Waals surface area contributed by atoms with Crippen LogP contribution in [0.1, 0.15) is 38.8 Å². The van der Waals surface area contributed by atoms with E-state index in [1.807, 2.05) is 51.1 Å². The van der Waals surface area contributed by atoms with Crippen molar-refractivity contribution in [3.63, 3.8) is 0 Å². The number of carbonyl (C=O) groups is 2. The van der Waals surface area contributed by atoms with Gasteiger partial charge in [-0.3, -0.25) is 14.5 Å². The van der Waals surface area contributed by atoms with E-state index in [0.29, 0.717) is 18.0 Å². The van der Waals surface area contributed by atoms with Crippen molar-refractivity contribution in [1.82, 2.24) is 0 Å². The molecule has 0 aliphatic carbocycles. The molecule has 3 rings (SSSR count). The van der Waals surface area contributed by atoms with Crippen molar-refractivity contribution in [2.75, 3.05) is 11.5 Å². The number of benzene rings is 2. The number of carbonyl (C=O) groups excluding carboxylic acids is 2. The van der Waals surface area contributed by atoms with E-state index in [4.69, 9.17) is 4.74 Å². The number of ether oxygens (including phenoxy) is 1. The predicted octanol–water partition coefficient (Wildman–Crippen LogP) is 4.60. The molecule has 0 aromatic heterocycles. The topological polar surface area (TPSA) is 66.8 Å². The number of hydrogen-bond acceptors (Lipinski definition) is 4. The lowest BCUT2D eigenvalue weighted by Crippen LogP contribution is -2.31. The first-order chi connectivity index (χ1) is 13.4. The predicted molar refractivity (Wildman–Crippen MR) is 108 cm³/mol. The Bertz CT molecular complexity index is 885. The third kappa shape index (κ3) is 3.79. The van der Waals surface area contributed by atoms with Gasteiger partial charge in [-0.1, -0.05) is 44.2 Å². The monoisotopic (exact) mass is 379 g/mol. The maximum absolute atomic E-state index is 12.9. The Morgan fingerprint density at radius 2 is 1.75 bits per heavy atom. The highest BCUT2D eigenvalue weighted by atomic mass is 16.5. The zero-order chi connectivity index (χ0) is 20.3. The fourth-order valence-electron chi connectivity index (χ4n) is 3.46. The Morgan fingerprint density at radius 3 is 2.32 bits per heavy atom. The number of aliphatic hydroxyl groups excluding tert-OH is 1. The van der Waals surface area contributed by atoms with Gasteiger partial charge < -0.3 is 9.84 Å². The van der Waals surface area contributed by atoms with E-state index < -0.39 is 17.7 Å². The van der Waals surface area contributed by atoms with Crippen LogP contribution in [0.15, 0.2) is 65.9 Å². The summed E-state index contributed by atoms with van der Waals surface area (Å²) in [5.41, 5.74) is 1.54. The summed E-state index contributed by atoms with van der Waals surface area (Å²) < 4.78 is 5.47. The molecule has 0 bridgehead atoms. The lowest BCUT2D eigenvalue weighted by molar-refractivity contribution is -0.118. The quantitative estimate of drug-likeness (QED) is 0.763. The van der Waals surface area contributed by atoms with Crippen molar-refractivity contribution in [3.05, 3.63) is 71.5 Å². The van der Waals surface area contributed by atoms with Crippen LogP contribution in [-0.2, 0) is 9.59 Å². The van der Waals surface area contributed by atoms with Crippen molar-refractivity contribution < 1.29 is 19.4 Å². The molecule has 0 saturated heterocycles. The van der Waals surface area contributed by atoms with Gasteiger partial charge >= 0.3 is 0 Å². The molecule has 1 amide bonds. The van der Waals surface area contributed by atoms with E-state index in [1.165, 1.54) is 4.90 Å². The van der Waals surface area contributed by atoms with Crippen molar-refractivity contribution in [3.8, 4) is 5.75 Å². The van der Waals surface area contributed by atoms with Crippen LogP contribution in [0.2, 0.25) is 0 Å². The van der Waals surface area contributed by atoms with Crippen LogP contribution >= 0.6 is 0 Å². The molecule has 146 valence electrons. The highest BCUT2D eigenvalue weighted by Gasteiger charge is 2.44. The van der Waals surface area contributed by atoms with E-state index in [-0.39, 0.29) is 23.7 Å². The second-order valence-electron chi connectivity index (χ2n) is 7.20. The Morgan fingerprint density at radius 1 is 1.11 bits per heavy atom. The lowest BCUT2D eigenvalue weighted by atomic mass is 9.92. The average Bonchev–Trinajstić information content (AvgIpc) is 2.94. The van der Waals surface area contributed by atoms with Gasteiger partial charge in [0.1, 0.15) is 5.75 Å². The number of hydrogen-bond donors (Lipinski definition) is 1. The van der Waals surface area contributed by atoms with Gasteiger partial charge in [0.2, 0.25) is 0 Å². The summed E-state index contributed by atoms with van der Waals surface area (Å²) in [6, 6.07) is 15.7. The maximum Gasteiger partial charge on any atom is 0.294 e. The molecular weight excluding hydrogens is 354 g/mol. The van der Waals surface area contributed by atoms with Crippen molar-refractivity contribution in [2.24, 2.45) is 5.92 Å². The lowest BCUT2D eigenvalue weighted by Gasteiger charge is -2.27. The first kappa shape index (κ1) is 19.7. The summed E-state index contributed by atoms with van der Waals surface area (Å²) in [6.07, 6.45) is 0.271. The molecule has 0 spiro atoms. The van der Waals surface area contributed by atoms with E-state index in [2.05, 4.69) is 0 Å². The summed E-state index contributed by atoms with van der Waals surface area (Å²) in [4.78, 5) is 27.3. The summed E-state index contributed by atoms with van der Waals surface area (Å²) in [5, 5.41) is 10.6. The maximum atomic E-state index is 12.9. The second kappa shape index (κ2) is 8.30. The third-order valence-electron chi connectivity index (χ3n) is 4.64. The zero-order valence-electron chi connectivity index (χ0n) is 16.4. The zero-order valence-corrected chi connectivity index (χ0v) is 16.4. The summed E-state index contributed by atoms with van der Waals surface area (Å²) in [5.74, 6) is -0.414. The number of aliphatic hydroxyl groups is 1. The van der Waals surface area contributed by atoms with Gasteiger partial charge in [-0.05, 0) is 42.7 Å². The molecule has 1 aliphatic rings. The van der Waals surface area contributed by atoms with Gasteiger partial charge in [-0.25, -0.2) is 0 Å². The van der Waals surface area contributed by atoms with E-state index in [9.17, 15) is 14.7 Å². The van der Waals surface area contributed by atoms with Gasteiger partial charge in [0.15, 0.2) is 11.5 Å². The number of Topliss-reactive ketones (excluding diaryl/α,β-unsaturated/α-hetero) is 1. The Labute approximate surface area is 165 Å². The molecule has 1 unspecified atom stereocenters. The normalized spacial score (nSPS) is 16.8. The largest absolute Gasteiger partial charge is 0.503 e. The van der Waals surface area contributed by atoms with Crippen LogP contribution < -0.4 is 9.64 Å². The molecule has 5 heteroatoms. The van der Waals surface area contributed by atoms with Gasteiger partial charge in [0, 0.05) is 12.1 Å². The third-order valence-corrected chi connectivity index (χ3v) is 4.64. The molecule has 1 heterocycles. The van der Waals surface area contributed by atoms with Crippen molar-refractivity contribution >= 4 is 17.4 Å². The van der Waals surface area contributed by atoms with Crippen LogP contribution in [0.25, 0.3) is 0 Å². The first-order valence-electron chi connectivity index (χ1n) is 9.51. The molecule has 0 fully saturated rings. The summed E-state index contributed by atoms with van der Waals surface area (Å²) >= 11 is 0. The minimum absolute atomic E-state index is 0.124. The standard InChI is InChI=1S/C23H25NO4/c1-4-28-18-12-10-17(11-13-18)24-21(16-8-6-5-7-9-16)20(22(26)23(24)27)19(25)14-15(2)3/h5-13,15,21,26H,4,14H2,1-3H3. The summed E-state index contributed by atoms with van der Waals surface area (Å²) in [7, 11) is 0. The molecule has 5 nitrogen and oxygen atoms in total. The van der Waals surface area contributed by atoms with Crippen LogP contribution in [0.3, 0.4) is 0 Å². The van der Waals surface area contributed by atoms with E-state index in [0.717, 1.165) is 5.56 Å². The van der Waals surface area contributed by atoms with Gasteiger partial charge in [-0.2, -0.15) is 0 Å². The van der Waals surface area contributed by atoms with Gasteiger partial charge in [0.25, 0.3) is 5.91 Å². The van der Waals surface area contributed by atoms with Crippen LogP contribution in [0, 0.1) is 5.92 Å². The van der Waals surface area contributed by atoms with Crippen LogP contribution in [0.4, 0.5) is 5.69 Å². The van der Waals surface area contributed by atoms with E-state index >= 15 is 0 Å². The molecule has 1 N–H and O–H groups in total. The second-order valence-corrected chi connectivity index (χ2v) is 7.20. The SMILES string of the molecule is CCOc1ccc(N2C(=O)C(O)=C(C(=O)CC(C)C)C2c2ccccc2)cc1. The average molecular weight is 379 g/mol. The smallest absolute Gasteiger partial charge is 0.294 e. The number of nitrogens with zero attached hydrogens (tertiary/aromatic N) is 1. The molecule has 1 aliphatic heterocycles. The molecule has 1 atom stereocenters. The van der Waals surface area contributed by atoms with Crippen molar-refractivity contribution in [1.29, 1.82) is 0 Å². The summed E-state index contributed by atoms with van der Waals surface area (Å²) in [6.45, 7) is 6.32. The van der Waals surface area contributed by atoms with Crippen LogP contribution in [0.5, 0.6) is 5.75 Å². The number of amides is 1. The minimum Gasteiger partial charge on any atom is -0.503 e. The van der Waals surface area contributed by atoms with Gasteiger partial charge in [0.05, 0.1) is 18.2 Å². The Balaban J connectivity index is 2.06. The Hall–Kier alpha value is -3.08. The molecular formula is C23H25NO4. The fraction of sp³-hybridized carbons (Fsp3) is 0.304. The molecule has 0 radical (unpaired) electrons. The van der Waals surface area contributed by atoms with Crippen molar-refractivity contribution in [2.45, 2.75) is 33.2 Å². The minimum atomic E-state index is -0.655. The molecule has 28 heavy (non-hydrogen) atoms. The van der Waals surface area contributed by atoms with E-state index in [1.54, 1.807) is 24.3 Å².